The highest BCUT2D eigenvalue weighted by molar-refractivity contribution is 6.30. The number of benzene rings is 2. The number of hydrogen-bond donors (Lipinski definition) is 2. The van der Waals surface area contributed by atoms with Crippen LogP contribution in [0.1, 0.15) is 30.0 Å². The van der Waals surface area contributed by atoms with E-state index in [0.29, 0.717) is 17.5 Å². The summed E-state index contributed by atoms with van der Waals surface area (Å²) in [6.45, 7) is 0.495. The zero-order chi connectivity index (χ0) is 15.4. The van der Waals surface area contributed by atoms with Crippen LogP contribution in [-0.2, 0) is 6.54 Å². The first-order valence-corrected chi connectivity index (χ1v) is 7.94. The van der Waals surface area contributed by atoms with Crippen LogP contribution in [0.4, 0.5) is 4.79 Å². The van der Waals surface area contributed by atoms with Crippen LogP contribution < -0.4 is 10.6 Å². The maximum Gasteiger partial charge on any atom is 0.315 e. The van der Waals surface area contributed by atoms with Gasteiger partial charge in [0.15, 0.2) is 0 Å². The molecule has 1 saturated carbocycles. The minimum absolute atomic E-state index is 0.103. The highest BCUT2D eigenvalue weighted by Gasteiger charge is 2.33. The van der Waals surface area contributed by atoms with E-state index in [1.807, 2.05) is 42.5 Å². The van der Waals surface area contributed by atoms with Crippen molar-refractivity contribution in [1.82, 2.24) is 10.6 Å². The third-order valence-corrected chi connectivity index (χ3v) is 4.16. The topological polar surface area (TPSA) is 41.1 Å². The Morgan fingerprint density at radius 1 is 1.09 bits per heavy atom. The SMILES string of the molecule is O=C(NCc1ccc(Cl)cc1)NC(c1ccccc1)C1CC1. The van der Waals surface area contributed by atoms with Gasteiger partial charge in [-0.25, -0.2) is 4.79 Å². The summed E-state index contributed by atoms with van der Waals surface area (Å²) in [5, 5.41) is 6.71. The van der Waals surface area contributed by atoms with Gasteiger partial charge in [0, 0.05) is 11.6 Å². The molecular formula is C18H19ClN2O. The lowest BCUT2D eigenvalue weighted by atomic mass is 10.0. The average molecular weight is 315 g/mol. The minimum atomic E-state index is -0.129. The number of hydrogen-bond acceptors (Lipinski definition) is 1. The summed E-state index contributed by atoms with van der Waals surface area (Å²) in [6, 6.07) is 17.6. The van der Waals surface area contributed by atoms with Gasteiger partial charge < -0.3 is 10.6 Å². The Morgan fingerprint density at radius 3 is 2.41 bits per heavy atom. The maximum atomic E-state index is 12.2. The molecular weight excluding hydrogens is 296 g/mol. The molecule has 0 bridgehead atoms. The molecule has 2 aromatic carbocycles. The molecule has 1 aliphatic rings. The van der Waals surface area contributed by atoms with E-state index in [9.17, 15) is 4.79 Å². The van der Waals surface area contributed by atoms with Crippen LogP contribution in [0.15, 0.2) is 54.6 Å². The van der Waals surface area contributed by atoms with Crippen molar-refractivity contribution in [1.29, 1.82) is 0 Å². The lowest BCUT2D eigenvalue weighted by molar-refractivity contribution is 0.235. The Labute approximate surface area is 135 Å². The third kappa shape index (κ3) is 4.01. The van der Waals surface area contributed by atoms with Crippen LogP contribution in [0, 0.1) is 5.92 Å². The van der Waals surface area contributed by atoms with Crippen molar-refractivity contribution >= 4 is 17.6 Å². The van der Waals surface area contributed by atoms with E-state index in [4.69, 9.17) is 11.6 Å². The quantitative estimate of drug-likeness (QED) is 0.849. The Balaban J connectivity index is 1.56. The normalized spacial score (nSPS) is 15.1. The van der Waals surface area contributed by atoms with Crippen LogP contribution >= 0.6 is 11.6 Å². The molecule has 0 radical (unpaired) electrons. The van der Waals surface area contributed by atoms with Gasteiger partial charge >= 0.3 is 6.03 Å². The van der Waals surface area contributed by atoms with Gasteiger partial charge in [-0.2, -0.15) is 0 Å². The van der Waals surface area contributed by atoms with Crippen LogP contribution in [0.3, 0.4) is 0 Å². The van der Waals surface area contributed by atoms with Crippen molar-refractivity contribution in [2.45, 2.75) is 25.4 Å². The highest BCUT2D eigenvalue weighted by Crippen LogP contribution is 2.40. The molecule has 1 aliphatic carbocycles. The van der Waals surface area contributed by atoms with E-state index in [-0.39, 0.29) is 12.1 Å². The van der Waals surface area contributed by atoms with E-state index < -0.39 is 0 Å². The number of rotatable bonds is 5. The lowest BCUT2D eigenvalue weighted by Crippen LogP contribution is -2.38. The Bertz CT molecular complexity index is 623. The molecule has 2 amide bonds. The molecule has 22 heavy (non-hydrogen) atoms. The predicted molar refractivity (Wildman–Crippen MR) is 88.7 cm³/mol. The Hall–Kier alpha value is -2.00. The number of carbonyl (C=O) groups is 1. The lowest BCUT2D eigenvalue weighted by Gasteiger charge is -2.19. The second-order valence-corrected chi connectivity index (χ2v) is 6.12. The monoisotopic (exact) mass is 314 g/mol. The molecule has 2 aromatic rings. The number of urea groups is 1. The summed E-state index contributed by atoms with van der Waals surface area (Å²) in [5.74, 6) is 0.559. The number of amides is 2. The molecule has 0 aromatic heterocycles. The maximum absolute atomic E-state index is 12.2. The summed E-state index contributed by atoms with van der Waals surface area (Å²) >= 11 is 5.85. The van der Waals surface area contributed by atoms with Gasteiger partial charge in [0.05, 0.1) is 6.04 Å². The van der Waals surface area contributed by atoms with Gasteiger partial charge in [-0.05, 0) is 42.0 Å². The van der Waals surface area contributed by atoms with Crippen LogP contribution in [0.25, 0.3) is 0 Å². The van der Waals surface area contributed by atoms with E-state index in [2.05, 4.69) is 22.8 Å². The summed E-state index contributed by atoms with van der Waals surface area (Å²) in [4.78, 5) is 12.2. The van der Waals surface area contributed by atoms with Crippen LogP contribution in [0.5, 0.6) is 0 Å². The fourth-order valence-corrected chi connectivity index (χ4v) is 2.67. The molecule has 0 saturated heterocycles. The first-order chi connectivity index (χ1) is 10.7. The third-order valence-electron chi connectivity index (χ3n) is 3.91. The first kappa shape index (κ1) is 14.9. The van der Waals surface area contributed by atoms with E-state index >= 15 is 0 Å². The Kier molecular flexibility index (Phi) is 4.64. The molecule has 1 fully saturated rings. The standard InChI is InChI=1S/C18H19ClN2O/c19-16-10-6-13(7-11-16)12-20-18(22)21-17(15-8-9-15)14-4-2-1-3-5-14/h1-7,10-11,15,17H,8-9,12H2,(H2,20,21,22). The van der Waals surface area contributed by atoms with Crippen molar-refractivity contribution in [2.75, 3.05) is 0 Å². The smallest absolute Gasteiger partial charge is 0.315 e. The Morgan fingerprint density at radius 2 is 1.77 bits per heavy atom. The van der Waals surface area contributed by atoms with Crippen LogP contribution in [-0.4, -0.2) is 6.03 Å². The highest BCUT2D eigenvalue weighted by atomic mass is 35.5. The van der Waals surface area contributed by atoms with Gasteiger partial charge in [-0.3, -0.25) is 0 Å². The molecule has 2 N–H and O–H groups in total. The summed E-state index contributed by atoms with van der Waals surface area (Å²) in [6.07, 6.45) is 2.36. The summed E-state index contributed by atoms with van der Waals surface area (Å²) in [5.41, 5.74) is 2.20. The molecule has 1 atom stereocenters. The van der Waals surface area contributed by atoms with Gasteiger partial charge in [0.25, 0.3) is 0 Å². The summed E-state index contributed by atoms with van der Waals surface area (Å²) < 4.78 is 0. The van der Waals surface area contributed by atoms with E-state index in [0.717, 1.165) is 5.56 Å². The molecule has 1 unspecified atom stereocenters. The van der Waals surface area contributed by atoms with Gasteiger partial charge in [0.1, 0.15) is 0 Å². The van der Waals surface area contributed by atoms with E-state index in [1.165, 1.54) is 18.4 Å². The number of nitrogens with one attached hydrogen (secondary N) is 2. The molecule has 0 spiro atoms. The zero-order valence-electron chi connectivity index (χ0n) is 12.3. The molecule has 114 valence electrons. The number of carbonyl (C=O) groups excluding carboxylic acids is 1. The zero-order valence-corrected chi connectivity index (χ0v) is 13.0. The van der Waals surface area contributed by atoms with Gasteiger partial charge in [-0.1, -0.05) is 54.1 Å². The predicted octanol–water partition coefficient (Wildman–Crippen LogP) is 4.29. The van der Waals surface area contributed by atoms with Crippen molar-refractivity contribution in [3.63, 3.8) is 0 Å². The van der Waals surface area contributed by atoms with Gasteiger partial charge in [0.2, 0.25) is 0 Å². The van der Waals surface area contributed by atoms with Crippen molar-refractivity contribution in [2.24, 2.45) is 5.92 Å². The molecule has 0 heterocycles. The van der Waals surface area contributed by atoms with Crippen LogP contribution in [0.2, 0.25) is 5.02 Å². The molecule has 3 rings (SSSR count). The fourth-order valence-electron chi connectivity index (χ4n) is 2.54. The fraction of sp³-hybridized carbons (Fsp3) is 0.278. The second-order valence-electron chi connectivity index (χ2n) is 5.68. The minimum Gasteiger partial charge on any atom is -0.334 e. The van der Waals surface area contributed by atoms with Crippen molar-refractivity contribution < 1.29 is 4.79 Å². The average Bonchev–Trinajstić information content (AvgIpc) is 3.38. The van der Waals surface area contributed by atoms with Gasteiger partial charge in [-0.15, -0.1) is 0 Å². The molecule has 3 nitrogen and oxygen atoms in total. The summed E-state index contributed by atoms with van der Waals surface area (Å²) in [7, 11) is 0. The van der Waals surface area contributed by atoms with E-state index in [1.54, 1.807) is 0 Å². The second kappa shape index (κ2) is 6.84. The van der Waals surface area contributed by atoms with Crippen molar-refractivity contribution in [3.8, 4) is 0 Å². The largest absolute Gasteiger partial charge is 0.334 e. The van der Waals surface area contributed by atoms with Crippen molar-refractivity contribution in [3.05, 3.63) is 70.7 Å². The first-order valence-electron chi connectivity index (χ1n) is 7.56. The molecule has 0 aliphatic heterocycles. The number of halogens is 1. The molecule has 4 heteroatoms.